The minimum Gasteiger partial charge on any atom is -0.445 e. The van der Waals surface area contributed by atoms with Gasteiger partial charge in [-0.1, -0.05) is 54.1 Å². The van der Waals surface area contributed by atoms with E-state index in [1.807, 2.05) is 59.5 Å². The number of carbonyl (C=O) groups is 2. The molecular formula is C28H26ClN5O3. The molecule has 4 aromatic rings. The summed E-state index contributed by atoms with van der Waals surface area (Å²) in [6, 6.07) is 17.7. The zero-order valence-electron chi connectivity index (χ0n) is 20.2. The van der Waals surface area contributed by atoms with Crippen LogP contribution in [0.4, 0.5) is 0 Å². The minimum atomic E-state index is -0.265. The van der Waals surface area contributed by atoms with E-state index in [0.717, 1.165) is 23.3 Å². The molecule has 2 aliphatic heterocycles. The van der Waals surface area contributed by atoms with Crippen LogP contribution in [0.5, 0.6) is 0 Å². The van der Waals surface area contributed by atoms with Crippen molar-refractivity contribution in [1.82, 2.24) is 24.6 Å². The molecule has 6 rings (SSSR count). The summed E-state index contributed by atoms with van der Waals surface area (Å²) in [5, 5.41) is 5.09. The van der Waals surface area contributed by atoms with Crippen LogP contribution < -0.4 is 0 Å². The van der Waals surface area contributed by atoms with Gasteiger partial charge in [0.15, 0.2) is 5.89 Å². The lowest BCUT2D eigenvalue weighted by Crippen LogP contribution is -2.59. The van der Waals surface area contributed by atoms with Gasteiger partial charge >= 0.3 is 0 Å². The van der Waals surface area contributed by atoms with Crippen molar-refractivity contribution in [2.45, 2.75) is 18.9 Å². The molecule has 2 aliphatic rings. The fourth-order valence-corrected chi connectivity index (χ4v) is 5.63. The third kappa shape index (κ3) is 4.64. The Morgan fingerprint density at radius 2 is 1.84 bits per heavy atom. The summed E-state index contributed by atoms with van der Waals surface area (Å²) in [6.07, 6.45) is 6.64. The Hall–Kier alpha value is -3.91. The van der Waals surface area contributed by atoms with E-state index < -0.39 is 0 Å². The molecule has 1 unspecified atom stereocenters. The third-order valence-corrected chi connectivity index (χ3v) is 7.60. The number of aromatic nitrogens is 3. The Morgan fingerprint density at radius 3 is 2.59 bits per heavy atom. The van der Waals surface area contributed by atoms with Gasteiger partial charge in [-0.2, -0.15) is 5.10 Å². The van der Waals surface area contributed by atoms with Crippen LogP contribution in [0.15, 0.2) is 77.6 Å². The number of amides is 2. The van der Waals surface area contributed by atoms with Gasteiger partial charge in [-0.3, -0.25) is 14.3 Å². The zero-order chi connectivity index (χ0) is 25.4. The zero-order valence-corrected chi connectivity index (χ0v) is 20.9. The van der Waals surface area contributed by atoms with Gasteiger partial charge < -0.3 is 14.2 Å². The largest absolute Gasteiger partial charge is 0.445 e. The smallest absolute Gasteiger partial charge is 0.257 e. The molecule has 9 heteroatoms. The van der Waals surface area contributed by atoms with E-state index in [4.69, 9.17) is 16.0 Å². The third-order valence-electron chi connectivity index (χ3n) is 7.35. The SMILES string of the molecule is O=CN1CC2(C1)CN(C(=O)c1cnn(Cc3ccccc3)c1)CC2c1ncc(Cc2ccc(Cl)cc2)o1. The van der Waals surface area contributed by atoms with Crippen LogP contribution in [0.2, 0.25) is 5.02 Å². The van der Waals surface area contributed by atoms with Gasteiger partial charge in [0, 0.05) is 49.2 Å². The second-order valence-corrected chi connectivity index (χ2v) is 10.4. The maximum Gasteiger partial charge on any atom is 0.257 e. The Labute approximate surface area is 219 Å². The summed E-state index contributed by atoms with van der Waals surface area (Å²) in [4.78, 5) is 33.0. The van der Waals surface area contributed by atoms with Crippen LogP contribution in [0.1, 0.15) is 39.1 Å². The highest BCUT2D eigenvalue weighted by atomic mass is 35.5. The topological polar surface area (TPSA) is 84.5 Å². The van der Waals surface area contributed by atoms with E-state index in [0.29, 0.717) is 55.6 Å². The van der Waals surface area contributed by atoms with Crippen molar-refractivity contribution >= 4 is 23.9 Å². The molecule has 2 saturated heterocycles. The number of rotatable bonds is 7. The first-order valence-electron chi connectivity index (χ1n) is 12.3. The maximum atomic E-state index is 13.5. The predicted molar refractivity (Wildman–Crippen MR) is 137 cm³/mol. The van der Waals surface area contributed by atoms with Crippen molar-refractivity contribution in [2.24, 2.45) is 5.41 Å². The second-order valence-electron chi connectivity index (χ2n) is 9.99. The minimum absolute atomic E-state index is 0.0707. The molecule has 37 heavy (non-hydrogen) atoms. The van der Waals surface area contributed by atoms with E-state index >= 15 is 0 Å². The lowest BCUT2D eigenvalue weighted by molar-refractivity contribution is -0.129. The van der Waals surface area contributed by atoms with Gasteiger partial charge in [0.1, 0.15) is 5.76 Å². The Kier molecular flexibility index (Phi) is 6.04. The van der Waals surface area contributed by atoms with Crippen LogP contribution in [0.25, 0.3) is 0 Å². The Morgan fingerprint density at radius 1 is 1.05 bits per heavy atom. The van der Waals surface area contributed by atoms with Crippen LogP contribution in [-0.4, -0.2) is 63.1 Å². The molecule has 0 bridgehead atoms. The van der Waals surface area contributed by atoms with E-state index in [-0.39, 0.29) is 17.2 Å². The normalized spacial score (nSPS) is 18.2. The first-order chi connectivity index (χ1) is 18.0. The van der Waals surface area contributed by atoms with Crippen LogP contribution in [0.3, 0.4) is 0 Å². The molecule has 1 spiro atoms. The number of hydrogen-bond donors (Lipinski definition) is 0. The highest BCUT2D eigenvalue weighted by Crippen LogP contribution is 2.48. The molecule has 8 nitrogen and oxygen atoms in total. The fourth-order valence-electron chi connectivity index (χ4n) is 5.50. The van der Waals surface area contributed by atoms with E-state index in [1.165, 1.54) is 0 Å². The quantitative estimate of drug-likeness (QED) is 0.349. The molecule has 0 radical (unpaired) electrons. The standard InChI is InChI=1S/C28H26ClN5O3/c29-23-8-6-20(7-9-23)10-24-12-30-26(37-24)25-15-33(18-28(25)16-32(17-28)19-35)27(36)22-11-31-34(14-22)13-21-4-2-1-3-5-21/h1-9,11-12,14,19,25H,10,13,15-18H2. The van der Waals surface area contributed by atoms with Gasteiger partial charge in [0.25, 0.3) is 5.91 Å². The molecule has 0 aliphatic carbocycles. The van der Waals surface area contributed by atoms with Crippen molar-refractivity contribution in [2.75, 3.05) is 26.2 Å². The number of carbonyl (C=O) groups excluding carboxylic acids is 2. The molecule has 1 atom stereocenters. The molecule has 0 saturated carbocycles. The molecular weight excluding hydrogens is 490 g/mol. The van der Waals surface area contributed by atoms with E-state index in [2.05, 4.69) is 10.1 Å². The Bertz CT molecular complexity index is 1410. The first-order valence-corrected chi connectivity index (χ1v) is 12.6. The molecule has 188 valence electrons. The van der Waals surface area contributed by atoms with Gasteiger partial charge in [-0.05, 0) is 23.3 Å². The number of oxazole rings is 1. The van der Waals surface area contributed by atoms with Crippen molar-refractivity contribution in [1.29, 1.82) is 0 Å². The summed E-state index contributed by atoms with van der Waals surface area (Å²) in [5.41, 5.74) is 2.48. The van der Waals surface area contributed by atoms with Crippen molar-refractivity contribution < 1.29 is 14.0 Å². The van der Waals surface area contributed by atoms with E-state index in [1.54, 1.807) is 28.2 Å². The number of likely N-dealkylation sites (tertiary alicyclic amines) is 2. The predicted octanol–water partition coefficient (Wildman–Crippen LogP) is 3.86. The number of nitrogens with zero attached hydrogens (tertiary/aromatic N) is 5. The highest BCUT2D eigenvalue weighted by Gasteiger charge is 2.57. The van der Waals surface area contributed by atoms with E-state index in [9.17, 15) is 9.59 Å². The average Bonchev–Trinajstić information content (AvgIpc) is 3.63. The number of hydrogen-bond acceptors (Lipinski definition) is 5. The van der Waals surface area contributed by atoms with Crippen molar-refractivity contribution in [3.05, 3.63) is 107 Å². The summed E-state index contributed by atoms with van der Waals surface area (Å²) >= 11 is 6.00. The Balaban J connectivity index is 1.19. The van der Waals surface area contributed by atoms with Crippen molar-refractivity contribution in [3.63, 3.8) is 0 Å². The highest BCUT2D eigenvalue weighted by molar-refractivity contribution is 6.30. The van der Waals surface area contributed by atoms with Gasteiger partial charge in [0.05, 0.1) is 30.4 Å². The van der Waals surface area contributed by atoms with Gasteiger partial charge in [-0.25, -0.2) is 4.98 Å². The van der Waals surface area contributed by atoms with Crippen LogP contribution >= 0.6 is 11.6 Å². The average molecular weight is 516 g/mol. The molecule has 2 aromatic heterocycles. The fraction of sp³-hybridized carbons (Fsp3) is 0.286. The molecule has 0 N–H and O–H groups in total. The van der Waals surface area contributed by atoms with Gasteiger partial charge in [0.2, 0.25) is 6.41 Å². The molecule has 2 fully saturated rings. The van der Waals surface area contributed by atoms with Crippen molar-refractivity contribution in [3.8, 4) is 0 Å². The van der Waals surface area contributed by atoms with Crippen LogP contribution in [-0.2, 0) is 17.8 Å². The molecule has 2 amide bonds. The number of benzene rings is 2. The monoisotopic (exact) mass is 515 g/mol. The lowest BCUT2D eigenvalue weighted by atomic mass is 9.72. The van der Waals surface area contributed by atoms with Gasteiger partial charge in [-0.15, -0.1) is 0 Å². The summed E-state index contributed by atoms with van der Waals surface area (Å²) in [6.45, 7) is 2.78. The molecule has 2 aromatic carbocycles. The summed E-state index contributed by atoms with van der Waals surface area (Å²) < 4.78 is 7.98. The summed E-state index contributed by atoms with van der Waals surface area (Å²) in [7, 11) is 0. The molecule has 4 heterocycles. The first kappa shape index (κ1) is 23.5. The van der Waals surface area contributed by atoms with Crippen LogP contribution in [0, 0.1) is 5.41 Å². The maximum absolute atomic E-state index is 13.5. The lowest BCUT2D eigenvalue weighted by Gasteiger charge is -2.48. The number of halogens is 1. The second kappa shape index (κ2) is 9.52. The summed E-state index contributed by atoms with van der Waals surface area (Å²) in [5.74, 6) is 1.21.